The van der Waals surface area contributed by atoms with Crippen molar-refractivity contribution in [2.45, 2.75) is 32.2 Å². The van der Waals surface area contributed by atoms with Crippen LogP contribution in [0.3, 0.4) is 0 Å². The Morgan fingerprint density at radius 3 is 2.48 bits per heavy atom. The highest BCUT2D eigenvalue weighted by Crippen LogP contribution is 2.42. The summed E-state index contributed by atoms with van der Waals surface area (Å²) in [7, 11) is 3.24. The lowest BCUT2D eigenvalue weighted by molar-refractivity contribution is -0.384. The van der Waals surface area contributed by atoms with Crippen LogP contribution in [0.25, 0.3) is 0 Å². The van der Waals surface area contributed by atoms with E-state index in [4.69, 9.17) is 0 Å². The number of benzene rings is 1. The summed E-state index contributed by atoms with van der Waals surface area (Å²) < 4.78 is 0. The van der Waals surface area contributed by atoms with E-state index < -0.39 is 4.92 Å². The van der Waals surface area contributed by atoms with Crippen molar-refractivity contribution in [1.29, 1.82) is 0 Å². The summed E-state index contributed by atoms with van der Waals surface area (Å²) in [6, 6.07) is 4.59. The fourth-order valence-electron chi connectivity index (χ4n) is 2.43. The lowest BCUT2D eigenvalue weighted by Crippen LogP contribution is -2.33. The maximum absolute atomic E-state index is 11.9. The predicted molar refractivity (Wildman–Crippen MR) is 81.5 cm³/mol. The molecule has 1 aliphatic carbocycles. The second kappa shape index (κ2) is 5.35. The molecule has 0 unspecified atom stereocenters. The average molecular weight is 291 g/mol. The maximum atomic E-state index is 11.9. The van der Waals surface area contributed by atoms with Crippen molar-refractivity contribution in [3.8, 4) is 0 Å². The molecule has 1 amide bonds. The molecule has 0 radical (unpaired) electrons. The lowest BCUT2D eigenvalue weighted by Gasteiger charge is -2.27. The van der Waals surface area contributed by atoms with Crippen molar-refractivity contribution >= 4 is 17.3 Å². The minimum Gasteiger partial charge on any atom is -0.374 e. The van der Waals surface area contributed by atoms with E-state index in [1.54, 1.807) is 26.2 Å². The molecule has 1 N–H and O–H groups in total. The largest absolute Gasteiger partial charge is 0.374 e. The Balaban J connectivity index is 2.33. The van der Waals surface area contributed by atoms with Gasteiger partial charge in [-0.1, -0.05) is 0 Å². The Kier molecular flexibility index (Phi) is 3.89. The van der Waals surface area contributed by atoms with Crippen molar-refractivity contribution < 1.29 is 9.72 Å². The molecule has 21 heavy (non-hydrogen) atoms. The van der Waals surface area contributed by atoms with Crippen molar-refractivity contribution in [3.63, 3.8) is 0 Å². The van der Waals surface area contributed by atoms with Gasteiger partial charge in [-0.3, -0.25) is 14.9 Å². The van der Waals surface area contributed by atoms with Crippen LogP contribution in [0.4, 0.5) is 11.4 Å². The Bertz CT molecular complexity index is 578. The molecule has 0 aromatic heterocycles. The van der Waals surface area contributed by atoms with Crippen LogP contribution in [0.1, 0.15) is 37.0 Å². The topological polar surface area (TPSA) is 75.5 Å². The third-order valence-corrected chi connectivity index (χ3v) is 3.90. The Morgan fingerprint density at radius 1 is 1.38 bits per heavy atom. The molecule has 0 atom stereocenters. The normalized spacial score (nSPS) is 14.7. The van der Waals surface area contributed by atoms with E-state index in [0.717, 1.165) is 12.8 Å². The summed E-state index contributed by atoms with van der Waals surface area (Å²) in [6.07, 6.45) is 2.29. The summed E-state index contributed by atoms with van der Waals surface area (Å²) in [5.74, 6) is 0.297. The SMILES string of the molecule is CN(C)C(=O)c1ccc(NC(C)(C)C2CC2)c([N+](=O)[O-])c1. The molecule has 0 bridgehead atoms. The van der Waals surface area contributed by atoms with Gasteiger partial charge in [-0.05, 0) is 44.7 Å². The van der Waals surface area contributed by atoms with Crippen LogP contribution in [-0.4, -0.2) is 35.4 Å². The number of anilines is 1. The zero-order valence-electron chi connectivity index (χ0n) is 12.8. The van der Waals surface area contributed by atoms with Gasteiger partial charge in [0.15, 0.2) is 0 Å². The van der Waals surface area contributed by atoms with Crippen LogP contribution in [0.15, 0.2) is 18.2 Å². The molecule has 0 heterocycles. The molecule has 1 aromatic rings. The van der Waals surface area contributed by atoms with Crippen LogP contribution in [-0.2, 0) is 0 Å². The molecular formula is C15H21N3O3. The first-order valence-electron chi connectivity index (χ1n) is 7.00. The zero-order valence-corrected chi connectivity index (χ0v) is 12.8. The third-order valence-electron chi connectivity index (χ3n) is 3.90. The van der Waals surface area contributed by atoms with Gasteiger partial charge in [-0.25, -0.2) is 0 Å². The third kappa shape index (κ3) is 3.32. The van der Waals surface area contributed by atoms with Gasteiger partial charge < -0.3 is 10.2 Å². The Labute approximate surface area is 124 Å². The summed E-state index contributed by atoms with van der Waals surface area (Å²) in [5, 5.41) is 14.5. The van der Waals surface area contributed by atoms with Crippen LogP contribution in [0, 0.1) is 16.0 Å². The number of carbonyl (C=O) groups excluding carboxylic acids is 1. The molecule has 1 fully saturated rings. The molecule has 1 aromatic carbocycles. The number of rotatable bonds is 5. The molecule has 0 saturated heterocycles. The molecule has 0 aliphatic heterocycles. The fourth-order valence-corrected chi connectivity index (χ4v) is 2.43. The zero-order chi connectivity index (χ0) is 15.8. The van der Waals surface area contributed by atoms with E-state index in [-0.39, 0.29) is 17.1 Å². The summed E-state index contributed by atoms with van der Waals surface area (Å²) in [5.41, 5.74) is 0.544. The number of nitrogens with zero attached hydrogens (tertiary/aromatic N) is 2. The minimum absolute atomic E-state index is 0.0589. The molecule has 1 saturated carbocycles. The number of nitrogens with one attached hydrogen (secondary N) is 1. The van der Waals surface area contributed by atoms with E-state index in [0.29, 0.717) is 17.2 Å². The first-order chi connectivity index (χ1) is 9.72. The van der Waals surface area contributed by atoms with Gasteiger partial charge in [0.25, 0.3) is 11.6 Å². The van der Waals surface area contributed by atoms with Crippen LogP contribution in [0.2, 0.25) is 0 Å². The van der Waals surface area contributed by atoms with Gasteiger partial charge in [0.05, 0.1) is 4.92 Å². The Hall–Kier alpha value is -2.11. The van der Waals surface area contributed by atoms with Crippen LogP contribution in [0.5, 0.6) is 0 Å². The molecule has 6 nitrogen and oxygen atoms in total. The molecule has 1 aliphatic rings. The molecule has 2 rings (SSSR count). The van der Waals surface area contributed by atoms with Crippen LogP contribution < -0.4 is 5.32 Å². The van der Waals surface area contributed by atoms with E-state index in [2.05, 4.69) is 5.32 Å². The van der Waals surface area contributed by atoms with Gasteiger partial charge in [0, 0.05) is 31.3 Å². The van der Waals surface area contributed by atoms with Crippen LogP contribution >= 0.6 is 0 Å². The van der Waals surface area contributed by atoms with Crippen molar-refractivity contribution in [2.75, 3.05) is 19.4 Å². The maximum Gasteiger partial charge on any atom is 0.293 e. The molecule has 6 heteroatoms. The summed E-state index contributed by atoms with van der Waals surface area (Å²) >= 11 is 0. The van der Waals surface area contributed by atoms with Gasteiger partial charge >= 0.3 is 0 Å². The van der Waals surface area contributed by atoms with Crippen molar-refractivity contribution in [3.05, 3.63) is 33.9 Å². The van der Waals surface area contributed by atoms with E-state index in [9.17, 15) is 14.9 Å². The first-order valence-corrected chi connectivity index (χ1v) is 7.00. The van der Waals surface area contributed by atoms with E-state index in [1.807, 2.05) is 13.8 Å². The van der Waals surface area contributed by atoms with Gasteiger partial charge in [-0.15, -0.1) is 0 Å². The Morgan fingerprint density at radius 2 is 2.00 bits per heavy atom. The van der Waals surface area contributed by atoms with E-state index in [1.165, 1.54) is 11.0 Å². The smallest absolute Gasteiger partial charge is 0.293 e. The predicted octanol–water partition coefficient (Wildman–Crippen LogP) is 2.90. The lowest BCUT2D eigenvalue weighted by atomic mass is 9.98. The monoisotopic (exact) mass is 291 g/mol. The quantitative estimate of drug-likeness (QED) is 0.668. The highest BCUT2D eigenvalue weighted by molar-refractivity contribution is 5.95. The molecule has 0 spiro atoms. The number of hydrogen-bond donors (Lipinski definition) is 1. The highest BCUT2D eigenvalue weighted by atomic mass is 16.6. The van der Waals surface area contributed by atoms with Gasteiger partial charge in [0.1, 0.15) is 5.69 Å². The van der Waals surface area contributed by atoms with Gasteiger partial charge in [-0.2, -0.15) is 0 Å². The number of carbonyl (C=O) groups is 1. The standard InChI is InChI=1S/C15H21N3O3/c1-15(2,11-6-7-11)16-12-8-5-10(14(19)17(3)4)9-13(12)18(20)21/h5,8-9,11,16H,6-7H2,1-4H3. The molecule has 114 valence electrons. The molecular weight excluding hydrogens is 270 g/mol. The summed E-state index contributed by atoms with van der Waals surface area (Å²) in [4.78, 5) is 24.2. The van der Waals surface area contributed by atoms with Gasteiger partial charge in [0.2, 0.25) is 0 Å². The summed E-state index contributed by atoms with van der Waals surface area (Å²) in [6.45, 7) is 4.10. The average Bonchev–Trinajstić information content (AvgIpc) is 3.22. The highest BCUT2D eigenvalue weighted by Gasteiger charge is 2.38. The fraction of sp³-hybridized carbons (Fsp3) is 0.533. The van der Waals surface area contributed by atoms with E-state index >= 15 is 0 Å². The number of nitro groups is 1. The van der Waals surface area contributed by atoms with Crippen molar-refractivity contribution in [2.24, 2.45) is 5.92 Å². The minimum atomic E-state index is -0.447. The second-order valence-corrected chi connectivity index (χ2v) is 6.31. The van der Waals surface area contributed by atoms with Crippen molar-refractivity contribution in [1.82, 2.24) is 4.90 Å². The number of nitro benzene ring substituents is 1. The number of hydrogen-bond acceptors (Lipinski definition) is 4. The first kappa shape index (κ1) is 15.3. The second-order valence-electron chi connectivity index (χ2n) is 6.31. The number of amides is 1.